The van der Waals surface area contributed by atoms with Gasteiger partial charge in [0.15, 0.2) is 0 Å². The molecule has 0 N–H and O–H groups in total. The number of hydrogen-bond acceptors (Lipinski definition) is 5. The Hall–Kier alpha value is -1.59. The van der Waals surface area contributed by atoms with Crippen LogP contribution in [0.3, 0.4) is 0 Å². The maximum atomic E-state index is 6.26. The molecule has 2 aliphatic rings. The van der Waals surface area contributed by atoms with Gasteiger partial charge < -0.3 is 9.80 Å². The van der Waals surface area contributed by atoms with Crippen LogP contribution in [0.5, 0.6) is 0 Å². The molecular formula is C16H17Cl2N5. The zero-order valence-corrected chi connectivity index (χ0v) is 14.1. The summed E-state index contributed by atoms with van der Waals surface area (Å²) in [6.07, 6.45) is 5.96. The maximum absolute atomic E-state index is 6.26. The molecule has 5 nitrogen and oxygen atoms in total. The van der Waals surface area contributed by atoms with E-state index in [0.29, 0.717) is 16.0 Å². The summed E-state index contributed by atoms with van der Waals surface area (Å²) in [4.78, 5) is 18.0. The summed E-state index contributed by atoms with van der Waals surface area (Å²) in [6.45, 7) is 3.50. The lowest BCUT2D eigenvalue weighted by Gasteiger charge is -2.36. The number of halogens is 2. The Morgan fingerprint density at radius 3 is 2.43 bits per heavy atom. The molecule has 0 amide bonds. The lowest BCUT2D eigenvalue weighted by Crippen LogP contribution is -2.47. The van der Waals surface area contributed by atoms with Crippen LogP contribution in [-0.4, -0.2) is 41.1 Å². The van der Waals surface area contributed by atoms with Crippen LogP contribution in [-0.2, 0) is 0 Å². The van der Waals surface area contributed by atoms with Gasteiger partial charge in [-0.15, -0.1) is 0 Å². The van der Waals surface area contributed by atoms with Gasteiger partial charge in [-0.1, -0.05) is 23.2 Å². The van der Waals surface area contributed by atoms with E-state index in [2.05, 4.69) is 19.8 Å². The van der Waals surface area contributed by atoms with Crippen LogP contribution in [0, 0.1) is 0 Å². The fraction of sp³-hybridized carbons (Fsp3) is 0.438. The summed E-state index contributed by atoms with van der Waals surface area (Å²) < 4.78 is 0. The highest BCUT2D eigenvalue weighted by Crippen LogP contribution is 2.38. The molecule has 23 heavy (non-hydrogen) atoms. The van der Waals surface area contributed by atoms with Crippen molar-refractivity contribution in [1.82, 2.24) is 15.0 Å². The summed E-state index contributed by atoms with van der Waals surface area (Å²) in [5.74, 6) is 3.40. The molecule has 0 atom stereocenters. The van der Waals surface area contributed by atoms with Gasteiger partial charge in [-0.2, -0.15) is 0 Å². The van der Waals surface area contributed by atoms with Crippen molar-refractivity contribution in [2.24, 2.45) is 0 Å². The number of pyridine rings is 1. The SMILES string of the molecule is Clc1cnc(N2CCN(c3ccnc(C4CC4)n3)CC2)c(Cl)c1. The fourth-order valence-electron chi connectivity index (χ4n) is 2.87. The van der Waals surface area contributed by atoms with Gasteiger partial charge in [0.1, 0.15) is 17.5 Å². The number of rotatable bonds is 3. The molecule has 2 fully saturated rings. The van der Waals surface area contributed by atoms with Gasteiger partial charge in [0.2, 0.25) is 0 Å². The van der Waals surface area contributed by atoms with Crippen molar-refractivity contribution < 1.29 is 0 Å². The third-order valence-corrected chi connectivity index (χ3v) is 4.78. The Balaban J connectivity index is 1.45. The van der Waals surface area contributed by atoms with E-state index in [1.54, 1.807) is 12.3 Å². The van der Waals surface area contributed by atoms with Crippen LogP contribution >= 0.6 is 23.2 Å². The van der Waals surface area contributed by atoms with Crippen LogP contribution in [0.4, 0.5) is 11.6 Å². The fourth-order valence-corrected chi connectivity index (χ4v) is 3.37. The third kappa shape index (κ3) is 3.21. The number of hydrogen-bond donors (Lipinski definition) is 0. The molecule has 1 aliphatic carbocycles. The normalized spacial score (nSPS) is 18.3. The highest BCUT2D eigenvalue weighted by Gasteiger charge is 2.27. The van der Waals surface area contributed by atoms with Gasteiger partial charge in [-0.25, -0.2) is 15.0 Å². The Morgan fingerprint density at radius 1 is 1.00 bits per heavy atom. The molecule has 1 saturated carbocycles. The van der Waals surface area contributed by atoms with Crippen molar-refractivity contribution in [2.45, 2.75) is 18.8 Å². The van der Waals surface area contributed by atoms with Crippen molar-refractivity contribution in [3.05, 3.63) is 40.4 Å². The summed E-state index contributed by atoms with van der Waals surface area (Å²) in [6, 6.07) is 3.74. The van der Waals surface area contributed by atoms with E-state index in [-0.39, 0.29) is 0 Å². The van der Waals surface area contributed by atoms with Gasteiger partial charge in [-0.3, -0.25) is 0 Å². The van der Waals surface area contributed by atoms with Crippen LogP contribution < -0.4 is 9.80 Å². The molecule has 120 valence electrons. The van der Waals surface area contributed by atoms with Crippen LogP contribution in [0.25, 0.3) is 0 Å². The first kappa shape index (κ1) is 15.0. The van der Waals surface area contributed by atoms with Gasteiger partial charge in [-0.05, 0) is 25.0 Å². The largest absolute Gasteiger partial charge is 0.353 e. The molecule has 7 heteroatoms. The third-order valence-electron chi connectivity index (χ3n) is 4.29. The molecular weight excluding hydrogens is 333 g/mol. The van der Waals surface area contributed by atoms with Crippen LogP contribution in [0.2, 0.25) is 10.0 Å². The molecule has 0 spiro atoms. The molecule has 0 unspecified atom stereocenters. The van der Waals surface area contributed by atoms with Gasteiger partial charge in [0.05, 0.1) is 10.0 Å². The average molecular weight is 350 g/mol. The van der Waals surface area contributed by atoms with E-state index < -0.39 is 0 Å². The van der Waals surface area contributed by atoms with Crippen molar-refractivity contribution in [2.75, 3.05) is 36.0 Å². The smallest absolute Gasteiger partial charge is 0.147 e. The minimum atomic E-state index is 0.561. The van der Waals surface area contributed by atoms with Gasteiger partial charge >= 0.3 is 0 Å². The second-order valence-corrected chi connectivity index (χ2v) is 6.82. The minimum absolute atomic E-state index is 0.561. The molecule has 0 bridgehead atoms. The quantitative estimate of drug-likeness (QED) is 0.849. The van der Waals surface area contributed by atoms with E-state index in [0.717, 1.165) is 43.6 Å². The molecule has 2 aromatic heterocycles. The predicted octanol–water partition coefficient (Wildman–Crippen LogP) is 3.38. The molecule has 3 heterocycles. The number of nitrogens with zero attached hydrogens (tertiary/aromatic N) is 5. The van der Waals surface area contributed by atoms with E-state index in [1.807, 2.05) is 12.3 Å². The Morgan fingerprint density at radius 2 is 1.74 bits per heavy atom. The zero-order valence-electron chi connectivity index (χ0n) is 12.6. The topological polar surface area (TPSA) is 45.2 Å². The summed E-state index contributed by atoms with van der Waals surface area (Å²) in [7, 11) is 0. The second kappa shape index (κ2) is 6.13. The molecule has 1 aliphatic heterocycles. The van der Waals surface area contributed by atoms with Crippen LogP contribution in [0.1, 0.15) is 24.6 Å². The lowest BCUT2D eigenvalue weighted by molar-refractivity contribution is 0.639. The van der Waals surface area contributed by atoms with E-state index in [4.69, 9.17) is 28.2 Å². The van der Waals surface area contributed by atoms with Crippen LogP contribution in [0.15, 0.2) is 24.5 Å². The number of anilines is 2. The van der Waals surface area contributed by atoms with Crippen molar-refractivity contribution in [1.29, 1.82) is 0 Å². The molecule has 0 radical (unpaired) electrons. The Kier molecular flexibility index (Phi) is 3.99. The summed E-state index contributed by atoms with van der Waals surface area (Å²) in [5.41, 5.74) is 0. The first-order chi connectivity index (χ1) is 11.2. The van der Waals surface area contributed by atoms with E-state index in [1.165, 1.54) is 12.8 Å². The Bertz CT molecular complexity index is 711. The number of aromatic nitrogens is 3. The molecule has 1 saturated heterocycles. The standard InChI is InChI=1S/C16H17Cl2N5/c17-12-9-13(18)16(20-10-12)23-7-5-22(6-8-23)14-3-4-19-15(21-14)11-1-2-11/h3-4,9-11H,1-2,5-8H2. The molecule has 4 rings (SSSR count). The van der Waals surface area contributed by atoms with Crippen molar-refractivity contribution >= 4 is 34.8 Å². The highest BCUT2D eigenvalue weighted by atomic mass is 35.5. The van der Waals surface area contributed by atoms with Gasteiger partial charge in [0.25, 0.3) is 0 Å². The maximum Gasteiger partial charge on any atom is 0.147 e. The summed E-state index contributed by atoms with van der Waals surface area (Å²) in [5, 5.41) is 1.16. The zero-order chi connectivity index (χ0) is 15.8. The minimum Gasteiger partial charge on any atom is -0.353 e. The second-order valence-electron chi connectivity index (χ2n) is 5.98. The Labute approximate surface area is 145 Å². The monoisotopic (exact) mass is 349 g/mol. The van der Waals surface area contributed by atoms with E-state index >= 15 is 0 Å². The first-order valence-corrected chi connectivity index (χ1v) is 8.60. The molecule has 0 aromatic carbocycles. The van der Waals surface area contributed by atoms with Crippen molar-refractivity contribution in [3.63, 3.8) is 0 Å². The van der Waals surface area contributed by atoms with Gasteiger partial charge in [0, 0.05) is 44.5 Å². The lowest BCUT2D eigenvalue weighted by atomic mass is 10.3. The summed E-state index contributed by atoms with van der Waals surface area (Å²) >= 11 is 12.2. The molecule has 2 aromatic rings. The highest BCUT2D eigenvalue weighted by molar-refractivity contribution is 6.36. The van der Waals surface area contributed by atoms with E-state index in [9.17, 15) is 0 Å². The average Bonchev–Trinajstić information content (AvgIpc) is 3.40. The van der Waals surface area contributed by atoms with Crippen molar-refractivity contribution in [3.8, 4) is 0 Å². The predicted molar refractivity (Wildman–Crippen MR) is 92.7 cm³/mol. The first-order valence-electron chi connectivity index (χ1n) is 7.84. The number of piperazine rings is 1.